The molecule has 0 fully saturated rings. The number of hydrogen-bond donors (Lipinski definition) is 1. The molecule has 22 heavy (non-hydrogen) atoms. The molecule has 5 nitrogen and oxygen atoms in total. The Balaban J connectivity index is 2.26. The lowest BCUT2D eigenvalue weighted by molar-refractivity contribution is -0.121. The molecule has 0 aromatic carbocycles. The van der Waals surface area contributed by atoms with Gasteiger partial charge in [0.1, 0.15) is 0 Å². The van der Waals surface area contributed by atoms with E-state index in [2.05, 4.69) is 38.1 Å². The summed E-state index contributed by atoms with van der Waals surface area (Å²) < 4.78 is 1.95. The van der Waals surface area contributed by atoms with Gasteiger partial charge in [-0.15, -0.1) is 0 Å². The lowest BCUT2D eigenvalue weighted by Gasteiger charge is -2.12. The summed E-state index contributed by atoms with van der Waals surface area (Å²) in [6, 6.07) is 0.287. The molecular weight excluding hydrogens is 276 g/mol. The predicted octanol–water partition coefficient (Wildman–Crippen LogP) is 3.09. The third kappa shape index (κ3) is 3.29. The number of fused-ring (bicyclic) bond motifs is 1. The van der Waals surface area contributed by atoms with Crippen LogP contribution in [-0.2, 0) is 11.2 Å². The third-order valence-electron chi connectivity index (χ3n) is 4.00. The van der Waals surface area contributed by atoms with Crippen LogP contribution in [0.15, 0.2) is 6.20 Å². The van der Waals surface area contributed by atoms with Crippen LogP contribution in [0.3, 0.4) is 0 Å². The second-order valence-electron chi connectivity index (χ2n) is 6.07. The molecule has 0 radical (unpaired) electrons. The Labute approximate surface area is 132 Å². The molecule has 0 aliphatic rings. The van der Waals surface area contributed by atoms with Gasteiger partial charge in [0.05, 0.1) is 6.20 Å². The molecular formula is C17H26N4O. The first-order valence-corrected chi connectivity index (χ1v) is 8.05. The molecule has 0 unspecified atom stereocenters. The topological polar surface area (TPSA) is 59.8 Å². The fourth-order valence-corrected chi connectivity index (χ4v) is 2.73. The zero-order valence-corrected chi connectivity index (χ0v) is 14.2. The number of amides is 1. The summed E-state index contributed by atoms with van der Waals surface area (Å²) in [6.07, 6.45) is 4.08. The van der Waals surface area contributed by atoms with E-state index in [4.69, 9.17) is 4.98 Å². The monoisotopic (exact) mass is 302 g/mol. The fourth-order valence-electron chi connectivity index (χ4n) is 2.73. The Hall–Kier alpha value is -1.91. The highest BCUT2D eigenvalue weighted by Gasteiger charge is 2.15. The first-order chi connectivity index (χ1) is 10.5. The van der Waals surface area contributed by atoms with Crippen molar-refractivity contribution in [3.8, 4) is 0 Å². The number of carbonyl (C=O) groups excluding carboxylic acids is 1. The maximum atomic E-state index is 11.8. The van der Waals surface area contributed by atoms with E-state index in [1.54, 1.807) is 0 Å². The van der Waals surface area contributed by atoms with Crippen LogP contribution in [0.1, 0.15) is 56.5 Å². The van der Waals surface area contributed by atoms with Gasteiger partial charge in [0.25, 0.3) is 0 Å². The van der Waals surface area contributed by atoms with Gasteiger partial charge >= 0.3 is 0 Å². The fraction of sp³-hybridized carbons (Fsp3) is 0.588. The quantitative estimate of drug-likeness (QED) is 0.892. The van der Waals surface area contributed by atoms with Crippen LogP contribution in [0.4, 0.5) is 0 Å². The molecule has 5 heteroatoms. The van der Waals surface area contributed by atoms with E-state index < -0.39 is 0 Å². The van der Waals surface area contributed by atoms with E-state index in [9.17, 15) is 4.79 Å². The molecule has 0 spiro atoms. The first kappa shape index (κ1) is 16.5. The van der Waals surface area contributed by atoms with Crippen LogP contribution in [0, 0.1) is 13.8 Å². The van der Waals surface area contributed by atoms with E-state index in [0.29, 0.717) is 6.42 Å². The molecule has 0 bridgehead atoms. The summed E-state index contributed by atoms with van der Waals surface area (Å²) in [5.74, 6) is 0.110. The van der Waals surface area contributed by atoms with Crippen molar-refractivity contribution in [3.05, 3.63) is 23.0 Å². The molecule has 0 saturated heterocycles. The molecule has 2 aromatic rings. The summed E-state index contributed by atoms with van der Waals surface area (Å²) in [5.41, 5.74) is 4.29. The van der Waals surface area contributed by atoms with E-state index in [0.717, 1.165) is 36.1 Å². The molecule has 2 heterocycles. The van der Waals surface area contributed by atoms with E-state index in [1.165, 1.54) is 11.1 Å². The number of nitrogens with one attached hydrogen (secondary N) is 1. The summed E-state index contributed by atoms with van der Waals surface area (Å²) in [6.45, 7) is 11.1. The average Bonchev–Trinajstić information content (AvgIpc) is 2.88. The summed E-state index contributed by atoms with van der Waals surface area (Å²) in [4.78, 5) is 16.5. The van der Waals surface area contributed by atoms with Crippen molar-refractivity contribution >= 4 is 16.9 Å². The van der Waals surface area contributed by atoms with Gasteiger partial charge in [-0.25, -0.2) is 9.67 Å². The highest BCUT2D eigenvalue weighted by Crippen LogP contribution is 2.25. The van der Waals surface area contributed by atoms with Crippen molar-refractivity contribution in [2.24, 2.45) is 0 Å². The van der Waals surface area contributed by atoms with Crippen LogP contribution < -0.4 is 5.32 Å². The highest BCUT2D eigenvalue weighted by molar-refractivity contribution is 5.81. The minimum absolute atomic E-state index is 0.110. The molecule has 0 aliphatic heterocycles. The van der Waals surface area contributed by atoms with E-state index in [-0.39, 0.29) is 11.9 Å². The Morgan fingerprint density at radius 1 is 1.36 bits per heavy atom. The Morgan fingerprint density at radius 2 is 2.09 bits per heavy atom. The zero-order chi connectivity index (χ0) is 16.3. The Bertz CT molecular complexity index is 673. The maximum absolute atomic E-state index is 11.8. The van der Waals surface area contributed by atoms with Crippen molar-refractivity contribution in [2.45, 2.75) is 59.9 Å². The van der Waals surface area contributed by atoms with Crippen LogP contribution >= 0.6 is 0 Å². The standard InChI is InChI=1S/C17H26N4O/c1-6-9-18-16(22)8-7-14-12(4)15-10-19-21(11(2)3)17(15)20-13(14)5/h10-11H,6-9H2,1-5H3,(H,18,22). The van der Waals surface area contributed by atoms with Gasteiger partial charge in [0, 0.05) is 30.1 Å². The van der Waals surface area contributed by atoms with Crippen LogP contribution in [0.2, 0.25) is 0 Å². The molecule has 120 valence electrons. The van der Waals surface area contributed by atoms with Gasteiger partial charge in [-0.3, -0.25) is 4.79 Å². The number of aromatic nitrogens is 3. The number of hydrogen-bond acceptors (Lipinski definition) is 3. The van der Waals surface area contributed by atoms with Crippen molar-refractivity contribution in [1.82, 2.24) is 20.1 Å². The van der Waals surface area contributed by atoms with Crippen molar-refractivity contribution in [2.75, 3.05) is 6.54 Å². The van der Waals surface area contributed by atoms with Crippen molar-refractivity contribution in [1.29, 1.82) is 0 Å². The number of aryl methyl sites for hydroxylation is 2. The molecule has 0 saturated carbocycles. The zero-order valence-electron chi connectivity index (χ0n) is 14.2. The number of rotatable bonds is 6. The summed E-state index contributed by atoms with van der Waals surface area (Å²) in [5, 5.41) is 8.46. The van der Waals surface area contributed by atoms with Gasteiger partial charge in [0.15, 0.2) is 5.65 Å². The normalized spacial score (nSPS) is 11.4. The van der Waals surface area contributed by atoms with Crippen LogP contribution in [0.25, 0.3) is 11.0 Å². The van der Waals surface area contributed by atoms with Crippen molar-refractivity contribution < 1.29 is 4.79 Å². The van der Waals surface area contributed by atoms with E-state index >= 15 is 0 Å². The summed E-state index contributed by atoms with van der Waals surface area (Å²) >= 11 is 0. The molecule has 0 aliphatic carbocycles. The highest BCUT2D eigenvalue weighted by atomic mass is 16.1. The average molecular weight is 302 g/mol. The molecule has 2 rings (SSSR count). The molecule has 0 atom stereocenters. The second kappa shape index (κ2) is 6.90. The minimum Gasteiger partial charge on any atom is -0.356 e. The smallest absolute Gasteiger partial charge is 0.220 e. The van der Waals surface area contributed by atoms with Crippen LogP contribution in [0.5, 0.6) is 0 Å². The summed E-state index contributed by atoms with van der Waals surface area (Å²) in [7, 11) is 0. The van der Waals surface area contributed by atoms with Gasteiger partial charge in [-0.2, -0.15) is 5.10 Å². The minimum atomic E-state index is 0.110. The molecule has 2 aromatic heterocycles. The van der Waals surface area contributed by atoms with Crippen LogP contribution in [-0.4, -0.2) is 27.2 Å². The Kier molecular flexibility index (Phi) is 5.16. The largest absolute Gasteiger partial charge is 0.356 e. The van der Waals surface area contributed by atoms with Gasteiger partial charge in [0.2, 0.25) is 5.91 Å². The molecule has 1 amide bonds. The Morgan fingerprint density at radius 3 is 2.73 bits per heavy atom. The third-order valence-corrected chi connectivity index (χ3v) is 4.00. The van der Waals surface area contributed by atoms with E-state index in [1.807, 2.05) is 17.8 Å². The van der Waals surface area contributed by atoms with Crippen molar-refractivity contribution in [3.63, 3.8) is 0 Å². The second-order valence-corrected chi connectivity index (χ2v) is 6.07. The molecule has 1 N–H and O–H groups in total. The van der Waals surface area contributed by atoms with Gasteiger partial charge < -0.3 is 5.32 Å². The number of nitrogens with zero attached hydrogens (tertiary/aromatic N) is 3. The predicted molar refractivity (Wildman–Crippen MR) is 89.0 cm³/mol. The number of pyridine rings is 1. The lowest BCUT2D eigenvalue weighted by Crippen LogP contribution is -2.24. The lowest BCUT2D eigenvalue weighted by atomic mass is 10.0. The first-order valence-electron chi connectivity index (χ1n) is 8.05. The maximum Gasteiger partial charge on any atom is 0.220 e. The SMILES string of the molecule is CCCNC(=O)CCc1c(C)nc2c(cnn2C(C)C)c1C. The number of carbonyl (C=O) groups is 1. The van der Waals surface area contributed by atoms with Gasteiger partial charge in [-0.05, 0) is 51.7 Å². The van der Waals surface area contributed by atoms with Gasteiger partial charge in [-0.1, -0.05) is 6.92 Å².